The first-order chi connectivity index (χ1) is 10.1. The second kappa shape index (κ2) is 7.21. The molecule has 0 spiro atoms. The molecule has 7 heteroatoms. The van der Waals surface area contributed by atoms with Crippen LogP contribution in [0.1, 0.15) is 16.8 Å². The maximum absolute atomic E-state index is 12.5. The Labute approximate surface area is 121 Å². The summed E-state index contributed by atoms with van der Waals surface area (Å²) in [6, 6.07) is 4.58. The molecule has 5 nitrogen and oxygen atoms in total. The van der Waals surface area contributed by atoms with Crippen LogP contribution in [0, 0.1) is 0 Å². The first kappa shape index (κ1) is 15.5. The highest BCUT2D eigenvalue weighted by molar-refractivity contribution is 5.95. The van der Waals surface area contributed by atoms with Gasteiger partial charge in [-0.05, 0) is 18.2 Å². The van der Waals surface area contributed by atoms with Crippen LogP contribution in [0.2, 0.25) is 0 Å². The average Bonchev–Trinajstić information content (AvgIpc) is 2.70. The maximum Gasteiger partial charge on any atom is 0.255 e. The first-order valence-electron chi connectivity index (χ1n) is 6.69. The van der Waals surface area contributed by atoms with Crippen LogP contribution < -0.4 is 9.47 Å². The van der Waals surface area contributed by atoms with Gasteiger partial charge >= 0.3 is 0 Å². The van der Waals surface area contributed by atoms with Crippen molar-refractivity contribution in [3.8, 4) is 11.5 Å². The summed E-state index contributed by atoms with van der Waals surface area (Å²) >= 11 is 0. The molecule has 0 atom stereocenters. The Bertz CT molecular complexity index is 496. The third kappa shape index (κ3) is 4.04. The van der Waals surface area contributed by atoms with Gasteiger partial charge in [0.1, 0.15) is 0 Å². The van der Waals surface area contributed by atoms with Crippen LogP contribution >= 0.6 is 0 Å². The average molecular weight is 301 g/mol. The van der Waals surface area contributed by atoms with Crippen molar-refractivity contribution < 1.29 is 28.2 Å². The van der Waals surface area contributed by atoms with E-state index in [4.69, 9.17) is 14.6 Å². The van der Waals surface area contributed by atoms with E-state index in [0.717, 1.165) is 11.3 Å². The van der Waals surface area contributed by atoms with Gasteiger partial charge in [0.25, 0.3) is 12.3 Å². The Morgan fingerprint density at radius 3 is 2.67 bits per heavy atom. The summed E-state index contributed by atoms with van der Waals surface area (Å²) in [6.07, 6.45) is -1.92. The van der Waals surface area contributed by atoms with E-state index in [-0.39, 0.29) is 18.7 Å². The zero-order chi connectivity index (χ0) is 15.2. The van der Waals surface area contributed by atoms with Gasteiger partial charge in [-0.1, -0.05) is 0 Å². The number of alkyl halides is 2. The van der Waals surface area contributed by atoms with Gasteiger partial charge in [-0.25, -0.2) is 8.78 Å². The zero-order valence-corrected chi connectivity index (χ0v) is 11.4. The van der Waals surface area contributed by atoms with Gasteiger partial charge in [0.05, 0.1) is 26.4 Å². The normalized spacial score (nSPS) is 13.9. The number of aliphatic hydroxyl groups is 1. The second-order valence-electron chi connectivity index (χ2n) is 4.58. The van der Waals surface area contributed by atoms with E-state index in [9.17, 15) is 13.6 Å². The smallest absolute Gasteiger partial charge is 0.255 e. The van der Waals surface area contributed by atoms with Crippen molar-refractivity contribution in [2.75, 3.05) is 32.9 Å². The van der Waals surface area contributed by atoms with Crippen molar-refractivity contribution in [1.29, 1.82) is 0 Å². The van der Waals surface area contributed by atoms with E-state index in [1.165, 1.54) is 12.1 Å². The van der Waals surface area contributed by atoms with Crippen LogP contribution in [0.5, 0.6) is 11.5 Å². The number of fused-ring (bicyclic) bond motifs is 1. The van der Waals surface area contributed by atoms with Gasteiger partial charge in [0.2, 0.25) is 0 Å². The Morgan fingerprint density at radius 2 is 2.00 bits per heavy atom. The van der Waals surface area contributed by atoms with Crippen molar-refractivity contribution in [1.82, 2.24) is 4.90 Å². The van der Waals surface area contributed by atoms with Gasteiger partial charge in [-0.15, -0.1) is 0 Å². The molecular formula is C14H17F2NO4. The predicted octanol–water partition coefficient (Wildman–Crippen LogP) is 1.55. The van der Waals surface area contributed by atoms with Crippen molar-refractivity contribution in [2.24, 2.45) is 0 Å². The van der Waals surface area contributed by atoms with E-state index >= 15 is 0 Å². The van der Waals surface area contributed by atoms with E-state index in [0.29, 0.717) is 24.7 Å². The van der Waals surface area contributed by atoms with Gasteiger partial charge < -0.3 is 19.5 Å². The maximum atomic E-state index is 12.5. The molecule has 116 valence electrons. The molecule has 0 fully saturated rings. The van der Waals surface area contributed by atoms with Crippen LogP contribution in [0.4, 0.5) is 8.78 Å². The minimum Gasteiger partial charge on any atom is -0.490 e. The molecule has 1 aromatic rings. The van der Waals surface area contributed by atoms with Crippen molar-refractivity contribution in [3.05, 3.63) is 23.8 Å². The molecule has 1 aliphatic rings. The van der Waals surface area contributed by atoms with E-state index in [1.807, 2.05) is 0 Å². The molecule has 1 amide bonds. The van der Waals surface area contributed by atoms with Crippen LogP contribution in [0.25, 0.3) is 0 Å². The Kier molecular flexibility index (Phi) is 5.32. The summed E-state index contributed by atoms with van der Waals surface area (Å²) in [5.74, 6) is 0.394. The monoisotopic (exact) mass is 301 g/mol. The Hall–Kier alpha value is -1.89. The summed E-state index contributed by atoms with van der Waals surface area (Å²) in [4.78, 5) is 13.1. The molecule has 0 aliphatic carbocycles. The molecule has 1 aromatic carbocycles. The third-order valence-electron chi connectivity index (χ3n) is 3.01. The van der Waals surface area contributed by atoms with Gasteiger partial charge in [-0.2, -0.15) is 0 Å². The highest BCUT2D eigenvalue weighted by atomic mass is 19.3. The number of hydrogen-bond donors (Lipinski definition) is 1. The topological polar surface area (TPSA) is 59.0 Å². The van der Waals surface area contributed by atoms with Crippen molar-refractivity contribution in [2.45, 2.75) is 12.8 Å². The number of aliphatic hydroxyl groups excluding tert-OH is 1. The van der Waals surface area contributed by atoms with E-state index in [1.54, 1.807) is 6.07 Å². The van der Waals surface area contributed by atoms with Crippen LogP contribution in [-0.4, -0.2) is 55.2 Å². The molecule has 0 saturated carbocycles. The minimum absolute atomic E-state index is 0.141. The quantitative estimate of drug-likeness (QED) is 0.896. The van der Waals surface area contributed by atoms with E-state index in [2.05, 4.69) is 0 Å². The molecule has 21 heavy (non-hydrogen) atoms. The molecule has 1 N–H and O–H groups in total. The van der Waals surface area contributed by atoms with Crippen molar-refractivity contribution in [3.63, 3.8) is 0 Å². The van der Waals surface area contributed by atoms with Gasteiger partial charge in [0.15, 0.2) is 11.5 Å². The molecule has 0 aromatic heterocycles. The van der Waals surface area contributed by atoms with Gasteiger partial charge in [-0.3, -0.25) is 4.79 Å². The van der Waals surface area contributed by atoms with Gasteiger partial charge in [0, 0.05) is 18.5 Å². The molecule has 0 radical (unpaired) electrons. The van der Waals surface area contributed by atoms with Crippen molar-refractivity contribution >= 4 is 5.91 Å². The predicted molar refractivity (Wildman–Crippen MR) is 71.0 cm³/mol. The fourth-order valence-electron chi connectivity index (χ4n) is 2.04. The molecule has 1 heterocycles. The van der Waals surface area contributed by atoms with Crippen LogP contribution in [-0.2, 0) is 0 Å². The molecule has 2 rings (SSSR count). The molecule has 1 aliphatic heterocycles. The number of ether oxygens (including phenoxy) is 2. The number of hydrogen-bond acceptors (Lipinski definition) is 4. The number of benzene rings is 1. The molecule has 0 bridgehead atoms. The third-order valence-corrected chi connectivity index (χ3v) is 3.01. The number of amides is 1. The lowest BCUT2D eigenvalue weighted by molar-refractivity contribution is 0.0509. The highest BCUT2D eigenvalue weighted by Gasteiger charge is 2.21. The fraction of sp³-hybridized carbons (Fsp3) is 0.500. The largest absolute Gasteiger partial charge is 0.490 e. The number of carbonyl (C=O) groups excluding carboxylic acids is 1. The summed E-state index contributed by atoms with van der Waals surface area (Å²) < 4.78 is 35.9. The number of halogens is 2. The zero-order valence-electron chi connectivity index (χ0n) is 11.4. The molecular weight excluding hydrogens is 284 g/mol. The fourth-order valence-corrected chi connectivity index (χ4v) is 2.04. The summed E-state index contributed by atoms with van der Waals surface area (Å²) in [5, 5.41) is 8.89. The number of nitrogens with zero attached hydrogens (tertiary/aromatic N) is 1. The minimum atomic E-state index is -2.65. The summed E-state index contributed by atoms with van der Waals surface area (Å²) in [6.45, 7) is -0.223. The van der Waals surface area contributed by atoms with E-state index < -0.39 is 18.9 Å². The SMILES string of the molecule is O=C(c1ccc2c(c1)OCCCO2)N(CCO)CC(F)F. The first-order valence-corrected chi connectivity index (χ1v) is 6.69. The number of rotatable bonds is 5. The number of carbonyl (C=O) groups is 1. The summed E-state index contributed by atoms with van der Waals surface area (Å²) in [7, 11) is 0. The summed E-state index contributed by atoms with van der Waals surface area (Å²) in [5.41, 5.74) is 0.230. The Balaban J connectivity index is 2.19. The molecule has 0 unspecified atom stereocenters. The van der Waals surface area contributed by atoms with Crippen LogP contribution in [0.15, 0.2) is 18.2 Å². The molecule has 0 saturated heterocycles. The van der Waals surface area contributed by atoms with Crippen LogP contribution in [0.3, 0.4) is 0 Å². The lowest BCUT2D eigenvalue weighted by Crippen LogP contribution is -2.37. The Morgan fingerprint density at radius 1 is 1.29 bits per heavy atom. The lowest BCUT2D eigenvalue weighted by Gasteiger charge is -2.21. The lowest BCUT2D eigenvalue weighted by atomic mass is 10.1. The second-order valence-corrected chi connectivity index (χ2v) is 4.58. The standard InChI is InChI=1S/C14H17F2NO4/c15-13(16)9-17(4-5-18)14(19)10-2-3-11-12(8-10)21-7-1-6-20-11/h2-3,8,13,18H,1,4-7,9H2. The highest BCUT2D eigenvalue weighted by Crippen LogP contribution is 2.30.